The maximum absolute atomic E-state index is 6.40. The topological polar surface area (TPSA) is 37.4 Å². The predicted molar refractivity (Wildman–Crippen MR) is 106 cm³/mol. The van der Waals surface area contributed by atoms with Gasteiger partial charge in [-0.05, 0) is 61.3 Å². The van der Waals surface area contributed by atoms with Crippen LogP contribution in [0.5, 0.6) is 0 Å². The summed E-state index contributed by atoms with van der Waals surface area (Å²) >= 11 is 12.1. The predicted octanol–water partition coefficient (Wildman–Crippen LogP) is 4.42. The first-order chi connectivity index (χ1) is 12.1. The molecule has 0 radical (unpaired) electrons. The van der Waals surface area contributed by atoms with Crippen molar-refractivity contribution in [2.24, 2.45) is 0 Å². The molecule has 1 unspecified atom stereocenters. The molecule has 1 saturated heterocycles. The SMILES string of the molecule is Cc1cccc(NC(=S)N(Cc2ccncc2)CC2CCCO2)c1Cl. The highest BCUT2D eigenvalue weighted by Gasteiger charge is 2.21. The van der Waals surface area contributed by atoms with Crippen molar-refractivity contribution in [3.05, 3.63) is 58.9 Å². The molecule has 1 aliphatic heterocycles. The van der Waals surface area contributed by atoms with Crippen molar-refractivity contribution in [1.29, 1.82) is 0 Å². The molecule has 132 valence electrons. The lowest BCUT2D eigenvalue weighted by molar-refractivity contribution is 0.0905. The standard InChI is InChI=1S/C19H22ClN3OS/c1-14-4-2-6-17(18(14)20)22-19(25)23(13-16-5-3-11-24-16)12-15-7-9-21-10-8-15/h2,4,6-10,16H,3,5,11-13H2,1H3,(H,22,25). The normalized spacial score (nSPS) is 16.6. The molecule has 4 nitrogen and oxygen atoms in total. The second-order valence-electron chi connectivity index (χ2n) is 6.24. The lowest BCUT2D eigenvalue weighted by atomic mass is 10.2. The molecule has 1 aromatic heterocycles. The average Bonchev–Trinajstić information content (AvgIpc) is 3.12. The van der Waals surface area contributed by atoms with E-state index in [0.717, 1.165) is 42.8 Å². The van der Waals surface area contributed by atoms with Crippen LogP contribution in [0.25, 0.3) is 0 Å². The Morgan fingerprint density at radius 2 is 2.16 bits per heavy atom. The molecule has 0 amide bonds. The Kier molecular flexibility index (Phi) is 6.24. The van der Waals surface area contributed by atoms with E-state index < -0.39 is 0 Å². The zero-order valence-corrected chi connectivity index (χ0v) is 15.8. The third kappa shape index (κ3) is 4.91. The van der Waals surface area contributed by atoms with Crippen LogP contribution in [0, 0.1) is 6.92 Å². The lowest BCUT2D eigenvalue weighted by Crippen LogP contribution is -2.39. The molecular weight excluding hydrogens is 354 g/mol. The number of hydrogen-bond donors (Lipinski definition) is 1. The Hall–Kier alpha value is -1.69. The first kappa shape index (κ1) is 18.1. The number of pyridine rings is 1. The van der Waals surface area contributed by atoms with Crippen molar-refractivity contribution in [3.63, 3.8) is 0 Å². The minimum absolute atomic E-state index is 0.217. The van der Waals surface area contributed by atoms with E-state index >= 15 is 0 Å². The number of nitrogens with one attached hydrogen (secondary N) is 1. The van der Waals surface area contributed by atoms with Gasteiger partial charge >= 0.3 is 0 Å². The summed E-state index contributed by atoms with van der Waals surface area (Å²) in [5.74, 6) is 0. The molecule has 1 aliphatic rings. The molecular formula is C19H22ClN3OS. The van der Waals surface area contributed by atoms with Gasteiger partial charge in [0, 0.05) is 32.1 Å². The fourth-order valence-corrected chi connectivity index (χ4v) is 3.32. The first-order valence-corrected chi connectivity index (χ1v) is 9.23. The van der Waals surface area contributed by atoms with Gasteiger partial charge in [0.1, 0.15) is 0 Å². The van der Waals surface area contributed by atoms with Gasteiger partial charge < -0.3 is 15.0 Å². The van der Waals surface area contributed by atoms with E-state index in [-0.39, 0.29) is 6.10 Å². The Bertz CT molecular complexity index is 720. The summed E-state index contributed by atoms with van der Waals surface area (Å²) in [7, 11) is 0. The number of thiocarbonyl (C=S) groups is 1. The molecule has 25 heavy (non-hydrogen) atoms. The largest absolute Gasteiger partial charge is 0.376 e. The molecule has 1 N–H and O–H groups in total. The molecule has 2 aromatic rings. The summed E-state index contributed by atoms with van der Waals surface area (Å²) in [5, 5.41) is 4.65. The Labute approximate surface area is 159 Å². The van der Waals surface area contributed by atoms with Crippen molar-refractivity contribution < 1.29 is 4.74 Å². The number of halogens is 1. The van der Waals surface area contributed by atoms with E-state index in [1.807, 2.05) is 37.3 Å². The van der Waals surface area contributed by atoms with Crippen LogP contribution >= 0.6 is 23.8 Å². The van der Waals surface area contributed by atoms with Gasteiger partial charge in [0.2, 0.25) is 0 Å². The Balaban J connectivity index is 1.74. The van der Waals surface area contributed by atoms with Crippen LogP contribution in [0.2, 0.25) is 5.02 Å². The number of rotatable bonds is 5. The second-order valence-corrected chi connectivity index (χ2v) is 7.00. The van der Waals surface area contributed by atoms with Gasteiger partial charge in [-0.2, -0.15) is 0 Å². The van der Waals surface area contributed by atoms with Gasteiger partial charge in [-0.1, -0.05) is 23.7 Å². The van der Waals surface area contributed by atoms with Crippen LogP contribution in [0.1, 0.15) is 24.0 Å². The van der Waals surface area contributed by atoms with Crippen molar-refractivity contribution in [1.82, 2.24) is 9.88 Å². The Morgan fingerprint density at radius 1 is 1.36 bits per heavy atom. The fourth-order valence-electron chi connectivity index (χ4n) is 2.90. The van der Waals surface area contributed by atoms with Crippen LogP contribution in [0.15, 0.2) is 42.7 Å². The highest BCUT2D eigenvalue weighted by Crippen LogP contribution is 2.26. The molecule has 2 heterocycles. The van der Waals surface area contributed by atoms with Crippen LogP contribution in [-0.4, -0.2) is 34.3 Å². The first-order valence-electron chi connectivity index (χ1n) is 8.45. The highest BCUT2D eigenvalue weighted by molar-refractivity contribution is 7.80. The molecule has 6 heteroatoms. The number of anilines is 1. The number of aryl methyl sites for hydroxylation is 1. The molecule has 0 saturated carbocycles. The maximum atomic E-state index is 6.40. The molecule has 1 atom stereocenters. The molecule has 0 bridgehead atoms. The maximum Gasteiger partial charge on any atom is 0.173 e. The summed E-state index contributed by atoms with van der Waals surface area (Å²) in [6.07, 6.45) is 5.99. The number of nitrogens with zero attached hydrogens (tertiary/aromatic N) is 2. The molecule has 3 rings (SSSR count). The fraction of sp³-hybridized carbons (Fsp3) is 0.368. The van der Waals surface area contributed by atoms with Crippen LogP contribution < -0.4 is 5.32 Å². The van der Waals surface area contributed by atoms with Crippen molar-refractivity contribution >= 4 is 34.6 Å². The van der Waals surface area contributed by atoms with Gasteiger partial charge in [-0.15, -0.1) is 0 Å². The quantitative estimate of drug-likeness (QED) is 0.783. The zero-order chi connectivity index (χ0) is 17.6. The van der Waals surface area contributed by atoms with E-state index in [1.54, 1.807) is 12.4 Å². The highest BCUT2D eigenvalue weighted by atomic mass is 35.5. The van der Waals surface area contributed by atoms with Gasteiger partial charge in [0.15, 0.2) is 5.11 Å². The molecule has 1 aromatic carbocycles. The summed E-state index contributed by atoms with van der Waals surface area (Å²) in [5.41, 5.74) is 3.01. The molecule has 0 spiro atoms. The lowest BCUT2D eigenvalue weighted by Gasteiger charge is -2.28. The number of ether oxygens (including phenoxy) is 1. The van der Waals surface area contributed by atoms with Crippen molar-refractivity contribution in [2.45, 2.75) is 32.4 Å². The summed E-state index contributed by atoms with van der Waals surface area (Å²) in [6, 6.07) is 9.91. The number of benzene rings is 1. The monoisotopic (exact) mass is 375 g/mol. The third-order valence-corrected chi connectivity index (χ3v) is 5.15. The smallest absolute Gasteiger partial charge is 0.173 e. The second kappa shape index (κ2) is 8.61. The van der Waals surface area contributed by atoms with Crippen LogP contribution in [0.4, 0.5) is 5.69 Å². The van der Waals surface area contributed by atoms with Gasteiger partial charge in [0.05, 0.1) is 16.8 Å². The summed E-state index contributed by atoms with van der Waals surface area (Å²) in [4.78, 5) is 6.22. The van der Waals surface area contributed by atoms with E-state index in [1.165, 1.54) is 0 Å². The van der Waals surface area contributed by atoms with Crippen molar-refractivity contribution in [2.75, 3.05) is 18.5 Å². The zero-order valence-electron chi connectivity index (χ0n) is 14.2. The van der Waals surface area contributed by atoms with Gasteiger partial charge in [0.25, 0.3) is 0 Å². The van der Waals surface area contributed by atoms with Crippen LogP contribution in [-0.2, 0) is 11.3 Å². The third-order valence-electron chi connectivity index (χ3n) is 4.29. The van der Waals surface area contributed by atoms with Crippen LogP contribution in [0.3, 0.4) is 0 Å². The minimum Gasteiger partial charge on any atom is -0.376 e. The number of hydrogen-bond acceptors (Lipinski definition) is 3. The number of aromatic nitrogens is 1. The summed E-state index contributed by atoms with van der Waals surface area (Å²) < 4.78 is 5.80. The Morgan fingerprint density at radius 3 is 2.88 bits per heavy atom. The summed E-state index contributed by atoms with van der Waals surface area (Å²) in [6.45, 7) is 4.28. The molecule has 1 fully saturated rings. The van der Waals surface area contributed by atoms with Gasteiger partial charge in [-0.25, -0.2) is 0 Å². The van der Waals surface area contributed by atoms with E-state index in [0.29, 0.717) is 16.7 Å². The molecule has 0 aliphatic carbocycles. The van der Waals surface area contributed by atoms with E-state index in [9.17, 15) is 0 Å². The van der Waals surface area contributed by atoms with Gasteiger partial charge in [-0.3, -0.25) is 4.98 Å². The van der Waals surface area contributed by atoms with Crippen molar-refractivity contribution in [3.8, 4) is 0 Å². The van der Waals surface area contributed by atoms with E-state index in [4.69, 9.17) is 28.6 Å². The van der Waals surface area contributed by atoms with E-state index in [2.05, 4.69) is 15.2 Å². The minimum atomic E-state index is 0.217. The average molecular weight is 376 g/mol.